The zero-order valence-electron chi connectivity index (χ0n) is 8.51. The number of hydrogen-bond acceptors (Lipinski definition) is 3. The minimum Gasteiger partial charge on any atom is -0.449 e. The number of carbonyl (C=O) groups is 1. The highest BCUT2D eigenvalue weighted by molar-refractivity contribution is 6.03. The first-order chi connectivity index (χ1) is 7.83. The minimum atomic E-state index is -0.420. The lowest BCUT2D eigenvalue weighted by atomic mass is 10.1. The predicted octanol–water partition coefficient (Wildman–Crippen LogP) is 2.02. The van der Waals surface area contributed by atoms with Crippen LogP contribution in [-0.2, 0) is 4.74 Å². The van der Waals surface area contributed by atoms with Crippen molar-refractivity contribution in [2.24, 2.45) is 0 Å². The zero-order chi connectivity index (χ0) is 11.4. The fourth-order valence-electron chi connectivity index (χ4n) is 1.46. The lowest BCUT2D eigenvalue weighted by molar-refractivity contribution is 0.0559. The van der Waals surface area contributed by atoms with Crippen LogP contribution in [0.2, 0.25) is 0 Å². The van der Waals surface area contributed by atoms with E-state index < -0.39 is 5.97 Å². The van der Waals surface area contributed by atoms with Crippen molar-refractivity contribution in [3.63, 3.8) is 0 Å². The Morgan fingerprint density at radius 2 is 2.19 bits per heavy atom. The van der Waals surface area contributed by atoms with Gasteiger partial charge in [0.05, 0.1) is 11.1 Å². The number of rotatable bonds is 2. The van der Waals surface area contributed by atoms with E-state index in [1.165, 1.54) is 0 Å². The van der Waals surface area contributed by atoms with E-state index in [4.69, 9.17) is 11.2 Å². The Labute approximate surface area is 93.1 Å². The third kappa shape index (κ3) is 1.86. The molecule has 0 atom stereocenters. The molecule has 0 amide bonds. The monoisotopic (exact) mass is 211 g/mol. The normalized spacial score (nSPS) is 9.69. The zero-order valence-corrected chi connectivity index (χ0v) is 8.51. The lowest BCUT2D eigenvalue weighted by Gasteiger charge is -2.04. The maximum absolute atomic E-state index is 11.7. The van der Waals surface area contributed by atoms with Gasteiger partial charge in [-0.3, -0.25) is 4.98 Å². The van der Waals surface area contributed by atoms with Crippen LogP contribution in [-0.4, -0.2) is 17.6 Å². The van der Waals surface area contributed by atoms with Crippen molar-refractivity contribution < 1.29 is 9.53 Å². The molecule has 0 aliphatic rings. The van der Waals surface area contributed by atoms with E-state index in [2.05, 4.69) is 10.9 Å². The maximum Gasteiger partial charge on any atom is 0.339 e. The molecule has 78 valence electrons. The van der Waals surface area contributed by atoms with Crippen LogP contribution in [0.1, 0.15) is 10.4 Å². The fourth-order valence-corrected chi connectivity index (χ4v) is 1.46. The molecule has 0 aliphatic heterocycles. The van der Waals surface area contributed by atoms with Gasteiger partial charge < -0.3 is 4.74 Å². The molecule has 3 nitrogen and oxygen atoms in total. The number of benzene rings is 1. The first kappa shape index (κ1) is 10.2. The number of aromatic nitrogens is 1. The van der Waals surface area contributed by atoms with Crippen molar-refractivity contribution in [1.82, 2.24) is 4.98 Å². The van der Waals surface area contributed by atoms with Crippen molar-refractivity contribution in [1.29, 1.82) is 0 Å². The summed E-state index contributed by atoms with van der Waals surface area (Å²) in [5.74, 6) is 1.84. The van der Waals surface area contributed by atoms with Gasteiger partial charge in [0.2, 0.25) is 0 Å². The van der Waals surface area contributed by atoms with Gasteiger partial charge in [0.15, 0.2) is 6.61 Å². The van der Waals surface area contributed by atoms with E-state index in [0.717, 1.165) is 10.9 Å². The Hall–Kier alpha value is -2.34. The molecule has 0 spiro atoms. The third-order valence-corrected chi connectivity index (χ3v) is 2.16. The van der Waals surface area contributed by atoms with Crippen LogP contribution in [0, 0.1) is 12.3 Å². The van der Waals surface area contributed by atoms with Crippen molar-refractivity contribution in [2.45, 2.75) is 0 Å². The first-order valence-corrected chi connectivity index (χ1v) is 4.77. The summed E-state index contributed by atoms with van der Waals surface area (Å²) in [6, 6.07) is 9.01. The molecular formula is C13H9NO2. The van der Waals surface area contributed by atoms with E-state index in [1.54, 1.807) is 12.3 Å². The van der Waals surface area contributed by atoms with E-state index in [9.17, 15) is 4.79 Å². The second-order valence-corrected chi connectivity index (χ2v) is 3.16. The quantitative estimate of drug-likeness (QED) is 0.563. The molecule has 1 aromatic carbocycles. The summed E-state index contributed by atoms with van der Waals surface area (Å²) in [5.41, 5.74) is 1.25. The van der Waals surface area contributed by atoms with Crippen LogP contribution in [0.25, 0.3) is 10.9 Å². The molecule has 1 aromatic heterocycles. The summed E-state index contributed by atoms with van der Waals surface area (Å²) in [4.78, 5) is 15.8. The molecule has 0 fully saturated rings. The molecule has 0 radical (unpaired) electrons. The number of carbonyl (C=O) groups excluding carboxylic acids is 1. The third-order valence-electron chi connectivity index (χ3n) is 2.16. The van der Waals surface area contributed by atoms with Gasteiger partial charge in [-0.2, -0.15) is 0 Å². The Morgan fingerprint density at radius 1 is 1.38 bits per heavy atom. The van der Waals surface area contributed by atoms with Gasteiger partial charge in [-0.15, -0.1) is 6.42 Å². The highest BCUT2D eigenvalue weighted by Gasteiger charge is 2.10. The number of hydrogen-bond donors (Lipinski definition) is 0. The van der Waals surface area contributed by atoms with Gasteiger partial charge in [0, 0.05) is 11.6 Å². The van der Waals surface area contributed by atoms with E-state index in [0.29, 0.717) is 5.56 Å². The van der Waals surface area contributed by atoms with Crippen molar-refractivity contribution in [2.75, 3.05) is 6.61 Å². The summed E-state index contributed by atoms with van der Waals surface area (Å²) in [6.07, 6.45) is 6.61. The van der Waals surface area contributed by atoms with Gasteiger partial charge in [0.25, 0.3) is 0 Å². The van der Waals surface area contributed by atoms with Crippen LogP contribution in [0.4, 0.5) is 0 Å². The molecule has 2 aromatic rings. The van der Waals surface area contributed by atoms with Crippen LogP contribution >= 0.6 is 0 Å². The van der Waals surface area contributed by atoms with E-state index in [1.807, 2.05) is 24.3 Å². The summed E-state index contributed by atoms with van der Waals surface area (Å²) in [6.45, 7) is -0.0184. The SMILES string of the molecule is C#CCOC(=O)c1ccnc2ccccc12. The number of ether oxygens (including phenoxy) is 1. The summed E-state index contributed by atoms with van der Waals surface area (Å²) >= 11 is 0. The number of terminal acetylenes is 1. The van der Waals surface area contributed by atoms with Crippen LogP contribution in [0.3, 0.4) is 0 Å². The Kier molecular flexibility index (Phi) is 2.84. The molecule has 2 rings (SSSR count). The number of para-hydroxylation sites is 1. The van der Waals surface area contributed by atoms with Crippen LogP contribution < -0.4 is 0 Å². The van der Waals surface area contributed by atoms with Gasteiger partial charge in [-0.05, 0) is 12.1 Å². The molecule has 0 saturated heterocycles. The maximum atomic E-state index is 11.7. The average molecular weight is 211 g/mol. The van der Waals surface area contributed by atoms with E-state index in [-0.39, 0.29) is 6.61 Å². The number of fused-ring (bicyclic) bond motifs is 1. The second-order valence-electron chi connectivity index (χ2n) is 3.16. The average Bonchev–Trinajstić information content (AvgIpc) is 2.35. The topological polar surface area (TPSA) is 39.2 Å². The molecule has 0 unspecified atom stereocenters. The molecule has 3 heteroatoms. The molecule has 0 N–H and O–H groups in total. The van der Waals surface area contributed by atoms with Gasteiger partial charge >= 0.3 is 5.97 Å². The molecular weight excluding hydrogens is 202 g/mol. The molecule has 0 bridgehead atoms. The number of pyridine rings is 1. The van der Waals surface area contributed by atoms with Crippen molar-refractivity contribution in [3.05, 3.63) is 42.1 Å². The Balaban J connectivity index is 2.45. The standard InChI is InChI=1S/C13H9NO2/c1-2-9-16-13(15)11-7-8-14-12-6-4-3-5-10(11)12/h1,3-8H,9H2. The molecule has 0 aliphatic carbocycles. The smallest absolute Gasteiger partial charge is 0.339 e. The Morgan fingerprint density at radius 3 is 3.00 bits per heavy atom. The summed E-state index contributed by atoms with van der Waals surface area (Å²) in [5, 5.41) is 0.770. The highest BCUT2D eigenvalue weighted by atomic mass is 16.5. The van der Waals surface area contributed by atoms with Crippen LogP contribution in [0.5, 0.6) is 0 Å². The molecule has 0 saturated carbocycles. The number of esters is 1. The largest absolute Gasteiger partial charge is 0.449 e. The molecule has 1 heterocycles. The van der Waals surface area contributed by atoms with Crippen LogP contribution in [0.15, 0.2) is 36.5 Å². The van der Waals surface area contributed by atoms with Crippen molar-refractivity contribution >= 4 is 16.9 Å². The second kappa shape index (κ2) is 4.45. The fraction of sp³-hybridized carbons (Fsp3) is 0.0769. The number of nitrogens with zero attached hydrogens (tertiary/aromatic N) is 1. The lowest BCUT2D eigenvalue weighted by Crippen LogP contribution is -2.06. The van der Waals surface area contributed by atoms with E-state index >= 15 is 0 Å². The summed E-state index contributed by atoms with van der Waals surface area (Å²) < 4.78 is 4.88. The predicted molar refractivity (Wildman–Crippen MR) is 60.9 cm³/mol. The Bertz CT molecular complexity index is 564. The van der Waals surface area contributed by atoms with Crippen molar-refractivity contribution in [3.8, 4) is 12.3 Å². The highest BCUT2D eigenvalue weighted by Crippen LogP contribution is 2.16. The van der Waals surface area contributed by atoms with Gasteiger partial charge in [0.1, 0.15) is 0 Å². The molecule has 16 heavy (non-hydrogen) atoms. The minimum absolute atomic E-state index is 0.0184. The first-order valence-electron chi connectivity index (χ1n) is 4.77. The van der Waals surface area contributed by atoms with Gasteiger partial charge in [-0.1, -0.05) is 24.1 Å². The summed E-state index contributed by atoms with van der Waals surface area (Å²) in [7, 11) is 0. The van der Waals surface area contributed by atoms with Gasteiger partial charge in [-0.25, -0.2) is 4.79 Å².